The van der Waals surface area contributed by atoms with Crippen LogP contribution in [0.4, 0.5) is 0 Å². The van der Waals surface area contributed by atoms with Crippen molar-refractivity contribution in [3.63, 3.8) is 0 Å². The zero-order valence-corrected chi connectivity index (χ0v) is 11.6. The number of rotatable bonds is 10. The van der Waals surface area contributed by atoms with Gasteiger partial charge in [0, 0.05) is 6.04 Å². The fraction of sp³-hybridized carbons (Fsp3) is 1.00. The van der Waals surface area contributed by atoms with Gasteiger partial charge < -0.3 is 10.4 Å². The second-order valence-corrected chi connectivity index (χ2v) is 5.01. The van der Waals surface area contributed by atoms with Crippen LogP contribution in [0.2, 0.25) is 0 Å². The summed E-state index contributed by atoms with van der Waals surface area (Å²) < 4.78 is 0. The van der Waals surface area contributed by atoms with E-state index in [-0.39, 0.29) is 6.10 Å². The molecular weight excluding hydrogens is 198 g/mol. The third kappa shape index (κ3) is 8.12. The Labute approximate surface area is 102 Å². The topological polar surface area (TPSA) is 32.3 Å². The summed E-state index contributed by atoms with van der Waals surface area (Å²) in [6.07, 6.45) is 6.56. The fourth-order valence-electron chi connectivity index (χ4n) is 1.89. The Hall–Kier alpha value is -0.0800. The lowest BCUT2D eigenvalue weighted by atomic mass is 9.97. The first-order valence-electron chi connectivity index (χ1n) is 7.05. The van der Waals surface area contributed by atoms with Crippen LogP contribution >= 0.6 is 0 Å². The Bertz CT molecular complexity index is 150. The lowest BCUT2D eigenvalue weighted by molar-refractivity contribution is 0.157. The normalized spacial score (nSPS) is 17.1. The van der Waals surface area contributed by atoms with Crippen LogP contribution in [0, 0.1) is 5.92 Å². The van der Waals surface area contributed by atoms with E-state index in [0.29, 0.717) is 6.04 Å². The summed E-state index contributed by atoms with van der Waals surface area (Å²) in [4.78, 5) is 0. The smallest absolute Gasteiger partial charge is 0.0538 e. The van der Waals surface area contributed by atoms with Gasteiger partial charge in [0.15, 0.2) is 0 Å². The van der Waals surface area contributed by atoms with Gasteiger partial charge in [0.2, 0.25) is 0 Å². The second-order valence-electron chi connectivity index (χ2n) is 5.01. The molecule has 0 fully saturated rings. The molecule has 0 aromatic heterocycles. The van der Waals surface area contributed by atoms with E-state index in [9.17, 15) is 5.11 Å². The highest BCUT2D eigenvalue weighted by Gasteiger charge is 2.09. The van der Waals surface area contributed by atoms with E-state index in [0.717, 1.165) is 31.7 Å². The summed E-state index contributed by atoms with van der Waals surface area (Å²) in [5, 5.41) is 13.0. The van der Waals surface area contributed by atoms with Crippen molar-refractivity contribution in [3.05, 3.63) is 0 Å². The summed E-state index contributed by atoms with van der Waals surface area (Å²) in [6, 6.07) is 0.661. The van der Waals surface area contributed by atoms with E-state index in [1.807, 2.05) is 6.92 Å². The van der Waals surface area contributed by atoms with E-state index in [4.69, 9.17) is 0 Å². The van der Waals surface area contributed by atoms with Crippen LogP contribution in [-0.4, -0.2) is 23.8 Å². The molecule has 3 atom stereocenters. The van der Waals surface area contributed by atoms with Crippen molar-refractivity contribution in [1.29, 1.82) is 0 Å². The van der Waals surface area contributed by atoms with Gasteiger partial charge in [-0.3, -0.25) is 0 Å². The second kappa shape index (κ2) is 10.1. The highest BCUT2D eigenvalue weighted by atomic mass is 16.3. The van der Waals surface area contributed by atoms with Gasteiger partial charge in [-0.25, -0.2) is 0 Å². The zero-order chi connectivity index (χ0) is 12.4. The fourth-order valence-corrected chi connectivity index (χ4v) is 1.89. The SMILES string of the molecule is CCC(C)CC(CC)NCCCC(O)CC. The van der Waals surface area contributed by atoms with Crippen LogP contribution in [0.15, 0.2) is 0 Å². The highest BCUT2D eigenvalue weighted by Crippen LogP contribution is 2.12. The Kier molecular flexibility index (Phi) is 10.0. The molecule has 98 valence electrons. The molecule has 0 aliphatic heterocycles. The minimum atomic E-state index is -0.101. The highest BCUT2D eigenvalue weighted by molar-refractivity contribution is 4.68. The van der Waals surface area contributed by atoms with Gasteiger partial charge >= 0.3 is 0 Å². The maximum atomic E-state index is 9.44. The van der Waals surface area contributed by atoms with Crippen molar-refractivity contribution in [2.75, 3.05) is 6.54 Å². The Morgan fingerprint density at radius 3 is 2.25 bits per heavy atom. The van der Waals surface area contributed by atoms with Crippen molar-refractivity contribution in [3.8, 4) is 0 Å². The van der Waals surface area contributed by atoms with Crippen LogP contribution in [0.5, 0.6) is 0 Å². The average molecular weight is 229 g/mol. The molecule has 2 nitrogen and oxygen atoms in total. The van der Waals surface area contributed by atoms with Gasteiger partial charge in [0.05, 0.1) is 6.10 Å². The van der Waals surface area contributed by atoms with E-state index >= 15 is 0 Å². The Morgan fingerprint density at radius 2 is 1.75 bits per heavy atom. The van der Waals surface area contributed by atoms with Crippen LogP contribution in [0.3, 0.4) is 0 Å². The van der Waals surface area contributed by atoms with Crippen LogP contribution < -0.4 is 5.32 Å². The van der Waals surface area contributed by atoms with Gasteiger partial charge in [-0.05, 0) is 44.6 Å². The molecule has 0 spiro atoms. The molecule has 3 unspecified atom stereocenters. The van der Waals surface area contributed by atoms with Crippen molar-refractivity contribution in [1.82, 2.24) is 5.32 Å². The zero-order valence-electron chi connectivity index (χ0n) is 11.6. The average Bonchev–Trinajstić information content (AvgIpc) is 2.32. The lowest BCUT2D eigenvalue weighted by Crippen LogP contribution is -2.31. The first kappa shape index (κ1) is 15.9. The molecule has 2 N–H and O–H groups in total. The monoisotopic (exact) mass is 229 g/mol. The summed E-state index contributed by atoms with van der Waals surface area (Å²) in [5.41, 5.74) is 0. The van der Waals surface area contributed by atoms with E-state index in [2.05, 4.69) is 26.1 Å². The summed E-state index contributed by atoms with van der Waals surface area (Å²) >= 11 is 0. The molecule has 0 radical (unpaired) electrons. The van der Waals surface area contributed by atoms with Crippen molar-refractivity contribution in [2.24, 2.45) is 5.92 Å². The molecule has 0 heterocycles. The van der Waals surface area contributed by atoms with Gasteiger partial charge in [-0.15, -0.1) is 0 Å². The molecular formula is C14H31NO. The third-order valence-corrected chi connectivity index (χ3v) is 3.49. The van der Waals surface area contributed by atoms with Gasteiger partial charge in [-0.1, -0.05) is 34.1 Å². The summed E-state index contributed by atoms with van der Waals surface area (Å²) in [7, 11) is 0. The van der Waals surface area contributed by atoms with Crippen molar-refractivity contribution >= 4 is 0 Å². The van der Waals surface area contributed by atoms with Crippen molar-refractivity contribution < 1.29 is 5.11 Å². The summed E-state index contributed by atoms with van der Waals surface area (Å²) in [6.45, 7) is 9.92. The number of hydrogen-bond donors (Lipinski definition) is 2. The largest absolute Gasteiger partial charge is 0.393 e. The third-order valence-electron chi connectivity index (χ3n) is 3.49. The number of hydrogen-bond acceptors (Lipinski definition) is 2. The standard InChI is InChI=1S/C14H31NO/c1-5-12(4)11-13(6-2)15-10-8-9-14(16)7-3/h12-16H,5-11H2,1-4H3. The number of aliphatic hydroxyl groups is 1. The quantitative estimate of drug-likeness (QED) is 0.563. The molecule has 0 saturated carbocycles. The first-order valence-corrected chi connectivity index (χ1v) is 7.05. The van der Waals surface area contributed by atoms with Crippen molar-refractivity contribution in [2.45, 2.75) is 78.4 Å². The molecule has 16 heavy (non-hydrogen) atoms. The molecule has 0 amide bonds. The maximum absolute atomic E-state index is 9.44. The van der Waals surface area contributed by atoms with E-state index in [1.54, 1.807) is 0 Å². The predicted octanol–water partition coefficient (Wildman–Crippen LogP) is 3.34. The number of nitrogens with one attached hydrogen (secondary N) is 1. The van der Waals surface area contributed by atoms with Gasteiger partial charge in [0.25, 0.3) is 0 Å². The van der Waals surface area contributed by atoms with Crippen LogP contribution in [0.25, 0.3) is 0 Å². The maximum Gasteiger partial charge on any atom is 0.0538 e. The molecule has 2 heteroatoms. The number of aliphatic hydroxyl groups excluding tert-OH is 1. The molecule has 0 aliphatic rings. The molecule has 0 aromatic carbocycles. The van der Waals surface area contributed by atoms with Gasteiger partial charge in [0.1, 0.15) is 0 Å². The molecule has 0 rings (SSSR count). The summed E-state index contributed by atoms with van der Waals surface area (Å²) in [5.74, 6) is 0.818. The molecule has 0 aliphatic carbocycles. The van der Waals surface area contributed by atoms with Gasteiger partial charge in [-0.2, -0.15) is 0 Å². The Balaban J connectivity index is 3.55. The minimum absolute atomic E-state index is 0.101. The van der Waals surface area contributed by atoms with E-state index < -0.39 is 0 Å². The predicted molar refractivity (Wildman–Crippen MR) is 71.7 cm³/mol. The molecule has 0 saturated heterocycles. The minimum Gasteiger partial charge on any atom is -0.393 e. The lowest BCUT2D eigenvalue weighted by Gasteiger charge is -2.20. The first-order chi connectivity index (χ1) is 7.63. The molecule has 0 bridgehead atoms. The Morgan fingerprint density at radius 1 is 1.06 bits per heavy atom. The molecule has 0 aromatic rings. The van der Waals surface area contributed by atoms with Crippen LogP contribution in [0.1, 0.15) is 66.2 Å². The van der Waals surface area contributed by atoms with E-state index in [1.165, 1.54) is 19.3 Å². The van der Waals surface area contributed by atoms with Crippen LogP contribution in [-0.2, 0) is 0 Å².